The normalized spacial score (nSPS) is 23.4. The molecule has 3 aromatic rings. The highest BCUT2D eigenvalue weighted by Gasteiger charge is 2.66. The van der Waals surface area contributed by atoms with Crippen LogP contribution in [0.4, 0.5) is 9.80 Å². The number of unbranched alkanes of at least 4 members (excludes halogenated alkanes) is 1. The third-order valence-electron chi connectivity index (χ3n) is 9.35. The zero-order valence-electron chi connectivity index (χ0n) is 26.6. The smallest absolute Gasteiger partial charge is 0.305 e. The second-order valence-electron chi connectivity index (χ2n) is 12.5. The van der Waals surface area contributed by atoms with Crippen LogP contribution >= 0.6 is 0 Å². The van der Waals surface area contributed by atoms with Gasteiger partial charge in [0.15, 0.2) is 5.60 Å². The van der Waals surface area contributed by atoms with Gasteiger partial charge in [-0.2, -0.15) is 0 Å². The van der Waals surface area contributed by atoms with Crippen molar-refractivity contribution in [3.8, 4) is 5.75 Å². The minimum Gasteiger partial charge on any atom is -0.497 e. The summed E-state index contributed by atoms with van der Waals surface area (Å²) < 4.78 is 35.0. The lowest BCUT2D eigenvalue weighted by atomic mass is 9.82. The Labute approximate surface area is 264 Å². The van der Waals surface area contributed by atoms with Crippen LogP contribution in [0.3, 0.4) is 0 Å². The van der Waals surface area contributed by atoms with Gasteiger partial charge in [0.25, 0.3) is 5.91 Å². The van der Waals surface area contributed by atoms with E-state index in [1.54, 1.807) is 29.8 Å². The van der Waals surface area contributed by atoms with Gasteiger partial charge >= 0.3 is 5.97 Å². The molecule has 1 N–H and O–H groups in total. The van der Waals surface area contributed by atoms with Crippen molar-refractivity contribution in [1.82, 2.24) is 15.0 Å². The summed E-state index contributed by atoms with van der Waals surface area (Å²) in [6, 6.07) is 15.2. The van der Waals surface area contributed by atoms with E-state index in [1.165, 1.54) is 7.11 Å². The number of methoxy groups -OCH3 is 2. The van der Waals surface area contributed by atoms with Gasteiger partial charge in [-0.3, -0.25) is 14.3 Å². The van der Waals surface area contributed by atoms with Crippen LogP contribution in [0.2, 0.25) is 18.6 Å². The van der Waals surface area contributed by atoms with Crippen molar-refractivity contribution in [3.05, 3.63) is 71.5 Å². The van der Waals surface area contributed by atoms with Crippen molar-refractivity contribution in [2.75, 3.05) is 32.3 Å². The van der Waals surface area contributed by atoms with E-state index in [0.29, 0.717) is 49.4 Å². The summed E-state index contributed by atoms with van der Waals surface area (Å²) in [5.74, 6) is -0.649. The quantitative estimate of drug-likeness (QED) is 0.121. The number of anilines is 1. The van der Waals surface area contributed by atoms with E-state index in [9.17, 15) is 14.7 Å². The van der Waals surface area contributed by atoms with E-state index >= 15 is 4.11 Å². The number of aromatic nitrogens is 3. The Hall–Kier alpha value is -3.61. The average molecular weight is 639 g/mol. The Balaban J connectivity index is 1.41. The molecular weight excluding hydrogens is 595 g/mol. The number of esters is 1. The number of nitrogens with zero attached hydrogens (tertiary/aromatic N) is 4. The van der Waals surface area contributed by atoms with Crippen molar-refractivity contribution in [2.24, 2.45) is 5.92 Å². The lowest BCUT2D eigenvalue weighted by molar-refractivity contribution is -0.146. The first-order valence-electron chi connectivity index (χ1n) is 15.5. The van der Waals surface area contributed by atoms with Gasteiger partial charge in [-0.15, -0.1) is 5.10 Å². The molecule has 45 heavy (non-hydrogen) atoms. The molecule has 1 amide bonds. The number of halogens is 1. The number of ether oxygens (including phenoxy) is 3. The van der Waals surface area contributed by atoms with Gasteiger partial charge in [0.1, 0.15) is 5.75 Å². The van der Waals surface area contributed by atoms with Gasteiger partial charge in [-0.1, -0.05) is 42.5 Å². The molecule has 242 valence electrons. The Morgan fingerprint density at radius 3 is 2.58 bits per heavy atom. The maximum atomic E-state index is 16.2. The van der Waals surface area contributed by atoms with Crippen LogP contribution in [0.5, 0.6) is 5.75 Å². The minimum atomic E-state index is -3.34. The fourth-order valence-electron chi connectivity index (χ4n) is 7.18. The summed E-state index contributed by atoms with van der Waals surface area (Å²) >= 11 is 0. The molecule has 1 unspecified atom stereocenters. The van der Waals surface area contributed by atoms with Crippen molar-refractivity contribution in [3.63, 3.8) is 0 Å². The van der Waals surface area contributed by atoms with Gasteiger partial charge in [-0.25, -0.2) is 0 Å². The summed E-state index contributed by atoms with van der Waals surface area (Å²) in [7, 11) is -0.411. The summed E-state index contributed by atoms with van der Waals surface area (Å²) in [5.41, 5.74) is 1.18. The summed E-state index contributed by atoms with van der Waals surface area (Å²) in [6.45, 7) is 5.99. The molecule has 10 nitrogen and oxygen atoms in total. The Kier molecular flexibility index (Phi) is 9.76. The van der Waals surface area contributed by atoms with Crippen molar-refractivity contribution in [2.45, 2.75) is 75.4 Å². The second kappa shape index (κ2) is 13.4. The van der Waals surface area contributed by atoms with E-state index in [-0.39, 0.29) is 30.8 Å². The first-order valence-corrected chi connectivity index (χ1v) is 18.5. The number of rotatable bonds is 13. The largest absolute Gasteiger partial charge is 0.497 e. The predicted octanol–water partition coefficient (Wildman–Crippen LogP) is 4.97. The number of amides is 1. The molecule has 0 bridgehead atoms. The summed E-state index contributed by atoms with van der Waals surface area (Å²) in [5, 5.41) is 18.7. The number of hydrogen-bond donors (Lipinski definition) is 1. The number of hydrogen-bond acceptors (Lipinski definition) is 8. The van der Waals surface area contributed by atoms with E-state index < -0.39 is 31.6 Å². The molecule has 5 atom stereocenters. The fraction of sp³-hybridized carbons (Fsp3) is 0.515. The molecule has 12 heteroatoms. The Morgan fingerprint density at radius 1 is 1.16 bits per heavy atom. The highest BCUT2D eigenvalue weighted by molar-refractivity contribution is 6.72. The predicted molar refractivity (Wildman–Crippen MR) is 169 cm³/mol. The molecular formula is C33H43FN4O6Si. The van der Waals surface area contributed by atoms with Crippen LogP contribution in [0.25, 0.3) is 0 Å². The number of benzene rings is 2. The highest BCUT2D eigenvalue weighted by atomic mass is 28.4. The Bertz CT molecular complexity index is 1500. The molecule has 3 heterocycles. The molecule has 0 saturated carbocycles. The molecule has 0 aliphatic carbocycles. The van der Waals surface area contributed by atoms with Crippen LogP contribution in [-0.2, 0) is 31.2 Å². The highest BCUT2D eigenvalue weighted by Crippen LogP contribution is 2.60. The standard InChI is InChI=1S/C33H43FN4O6Si/c1-22-31(45(4,5)34)29(16-18-37-20-27(35-36-37)25(21-39)23-11-7-6-8-12-23)44-33(22)26-19-24(42-2)14-15-28(26)38(32(33)41)17-10-9-13-30(40)43-3/h6-8,11-12,14-15,19-20,22,25,29,31,39H,9-10,13,16-18,21H2,1-5H3/t22-,25?,29+,31-,33+/m0/s1. The van der Waals surface area contributed by atoms with Gasteiger partial charge < -0.3 is 28.3 Å². The van der Waals surface area contributed by atoms with Gasteiger partial charge in [0, 0.05) is 42.7 Å². The monoisotopic (exact) mass is 638 g/mol. The topological polar surface area (TPSA) is 116 Å². The van der Waals surface area contributed by atoms with E-state index in [2.05, 4.69) is 10.3 Å². The molecule has 2 aromatic carbocycles. The van der Waals surface area contributed by atoms with Crippen LogP contribution in [0.1, 0.15) is 55.3 Å². The molecule has 2 aliphatic rings. The molecule has 1 saturated heterocycles. The van der Waals surface area contributed by atoms with Crippen molar-refractivity contribution < 1.29 is 33.0 Å². The van der Waals surface area contributed by atoms with Crippen LogP contribution in [0, 0.1) is 5.92 Å². The maximum absolute atomic E-state index is 16.2. The number of fused-ring (bicyclic) bond motifs is 2. The number of aliphatic hydroxyl groups excluding tert-OH is 1. The first-order chi connectivity index (χ1) is 21.5. The zero-order valence-corrected chi connectivity index (χ0v) is 27.6. The summed E-state index contributed by atoms with van der Waals surface area (Å²) in [6.07, 6.45) is 3.14. The first kappa shape index (κ1) is 32.8. The number of carbonyl (C=O) groups excluding carboxylic acids is 2. The van der Waals surface area contributed by atoms with Crippen molar-refractivity contribution >= 4 is 26.0 Å². The number of aliphatic hydroxyl groups is 1. The van der Waals surface area contributed by atoms with Gasteiger partial charge in [0.2, 0.25) is 8.41 Å². The molecule has 0 radical (unpaired) electrons. The van der Waals surface area contributed by atoms with Crippen LogP contribution in [0.15, 0.2) is 54.7 Å². The molecule has 1 aromatic heterocycles. The lowest BCUT2D eigenvalue weighted by Crippen LogP contribution is -2.45. The molecule has 1 spiro atoms. The maximum Gasteiger partial charge on any atom is 0.305 e. The van der Waals surface area contributed by atoms with Gasteiger partial charge in [-0.05, 0) is 56.1 Å². The Morgan fingerprint density at radius 2 is 1.91 bits per heavy atom. The SMILES string of the molecule is COC(=O)CCCCN1C(=O)[C@]2(O[C@H](CCn3cc(C(CO)c4ccccc4)nn3)[C@@H]([Si](C)(C)F)[C@@H]2C)c2cc(OC)ccc21. The van der Waals surface area contributed by atoms with E-state index in [1.807, 2.05) is 61.7 Å². The van der Waals surface area contributed by atoms with Crippen LogP contribution < -0.4 is 9.64 Å². The minimum absolute atomic E-state index is 0.109. The van der Waals surface area contributed by atoms with Crippen molar-refractivity contribution in [1.29, 1.82) is 0 Å². The van der Waals surface area contributed by atoms with Crippen LogP contribution in [-0.4, -0.2) is 73.9 Å². The van der Waals surface area contributed by atoms with E-state index in [0.717, 1.165) is 11.3 Å². The zero-order chi connectivity index (χ0) is 32.4. The lowest BCUT2D eigenvalue weighted by Gasteiger charge is -2.31. The molecule has 2 aliphatic heterocycles. The third-order valence-corrected chi connectivity index (χ3v) is 11.8. The molecule has 1 fully saturated rings. The number of carbonyl (C=O) groups is 2. The third kappa shape index (κ3) is 6.27. The number of aryl methyl sites for hydroxylation is 1. The van der Waals surface area contributed by atoms with E-state index in [4.69, 9.17) is 14.2 Å². The second-order valence-corrected chi connectivity index (χ2v) is 16.3. The summed E-state index contributed by atoms with van der Waals surface area (Å²) in [4.78, 5) is 27.8. The average Bonchev–Trinajstić information content (AvgIpc) is 3.68. The van der Waals surface area contributed by atoms with Gasteiger partial charge in [0.05, 0.1) is 44.2 Å². The molecule has 5 rings (SSSR count). The fourth-order valence-corrected chi connectivity index (χ4v) is 9.73.